The van der Waals surface area contributed by atoms with Crippen molar-refractivity contribution in [3.63, 3.8) is 0 Å². The summed E-state index contributed by atoms with van der Waals surface area (Å²) in [6, 6.07) is 10.6. The predicted molar refractivity (Wildman–Crippen MR) is 66.1 cm³/mol. The molecule has 1 fully saturated rings. The lowest BCUT2D eigenvalue weighted by atomic mass is 10.1. The molecule has 0 spiro atoms. The van der Waals surface area contributed by atoms with Crippen molar-refractivity contribution in [1.82, 2.24) is 4.90 Å². The fourth-order valence-corrected chi connectivity index (χ4v) is 2.00. The highest BCUT2D eigenvalue weighted by atomic mass is 16.5. The normalized spacial score (nSPS) is 22.2. The van der Waals surface area contributed by atoms with Gasteiger partial charge in [0, 0.05) is 19.6 Å². The summed E-state index contributed by atoms with van der Waals surface area (Å²) in [4.78, 5) is 2.39. The van der Waals surface area contributed by atoms with E-state index < -0.39 is 0 Å². The molecule has 2 rings (SSSR count). The maximum atomic E-state index is 5.65. The molecule has 1 saturated heterocycles. The fraction of sp³-hybridized carbons (Fsp3) is 0.500. The average molecular weight is 218 g/mol. The second-order valence-electron chi connectivity index (χ2n) is 4.27. The van der Waals surface area contributed by atoms with Crippen molar-refractivity contribution in [2.24, 2.45) is 0 Å². The molecule has 0 aliphatic carbocycles. The molecular weight excluding hydrogens is 198 g/mol. The summed E-state index contributed by atoms with van der Waals surface area (Å²) in [7, 11) is 0. The topological polar surface area (TPSA) is 12.5 Å². The van der Waals surface area contributed by atoms with Gasteiger partial charge in [-0.2, -0.15) is 0 Å². The van der Waals surface area contributed by atoms with Gasteiger partial charge in [-0.25, -0.2) is 0 Å². The van der Waals surface area contributed by atoms with E-state index in [9.17, 15) is 0 Å². The molecule has 1 aliphatic heterocycles. The van der Waals surface area contributed by atoms with Crippen LogP contribution in [0.4, 0.5) is 0 Å². The number of rotatable bonds is 4. The van der Waals surface area contributed by atoms with Crippen LogP contribution in [0.3, 0.4) is 0 Å². The van der Waals surface area contributed by atoms with Crippen molar-refractivity contribution in [2.75, 3.05) is 19.7 Å². The Labute approximate surface area is 98.2 Å². The van der Waals surface area contributed by atoms with Crippen LogP contribution in [-0.4, -0.2) is 30.7 Å². The molecule has 0 bridgehead atoms. The molecule has 2 heteroatoms. The molecule has 87 valence electrons. The van der Waals surface area contributed by atoms with Crippen molar-refractivity contribution in [3.05, 3.63) is 42.4 Å². The van der Waals surface area contributed by atoms with Gasteiger partial charge < -0.3 is 4.74 Å². The van der Waals surface area contributed by atoms with Crippen LogP contribution in [0.25, 0.3) is 0 Å². The number of hydrogen-bond acceptors (Lipinski definition) is 2. The Balaban J connectivity index is 1.77. The zero-order valence-electron chi connectivity index (χ0n) is 9.93. The number of nitrogens with zero attached hydrogens (tertiary/aromatic N) is 1. The van der Waals surface area contributed by atoms with Gasteiger partial charge in [-0.15, -0.1) is 0 Å². The van der Waals surface area contributed by atoms with Crippen LogP contribution in [0.15, 0.2) is 30.3 Å². The van der Waals surface area contributed by atoms with Gasteiger partial charge in [-0.1, -0.05) is 37.3 Å². The van der Waals surface area contributed by atoms with E-state index in [1.165, 1.54) is 5.56 Å². The zero-order valence-corrected chi connectivity index (χ0v) is 9.93. The smallest absolute Gasteiger partial charge is 0.0700 e. The minimum atomic E-state index is 0.417. The van der Waals surface area contributed by atoms with Crippen molar-refractivity contribution in [2.45, 2.75) is 25.9 Å². The third-order valence-electron chi connectivity index (χ3n) is 3.05. The highest BCUT2D eigenvalue weighted by Crippen LogP contribution is 2.11. The highest BCUT2D eigenvalue weighted by molar-refractivity contribution is 5.16. The summed E-state index contributed by atoms with van der Waals surface area (Å²) in [6.45, 7) is 7.43. The maximum Gasteiger partial charge on any atom is 0.0700 e. The lowest BCUT2D eigenvalue weighted by Gasteiger charge is -2.32. The number of morpholine rings is 1. The standard InChI is InChI=1S/C14H20NO/c1-2-14-12-15(10-11-16-14)9-8-13-6-4-3-5-7-13/h3-7,9,14H,2,8,10-12H2,1H3. The molecule has 1 aliphatic rings. The molecule has 2 nitrogen and oxygen atoms in total. The Morgan fingerprint density at radius 2 is 2.19 bits per heavy atom. The summed E-state index contributed by atoms with van der Waals surface area (Å²) >= 11 is 0. The number of ether oxygens (including phenoxy) is 1. The van der Waals surface area contributed by atoms with Gasteiger partial charge in [0.2, 0.25) is 0 Å². The molecule has 1 heterocycles. The Kier molecular flexibility index (Phi) is 4.37. The lowest BCUT2D eigenvalue weighted by molar-refractivity contribution is -0.0202. The Morgan fingerprint density at radius 1 is 1.38 bits per heavy atom. The van der Waals surface area contributed by atoms with Gasteiger partial charge >= 0.3 is 0 Å². The molecular formula is C14H20NO. The second kappa shape index (κ2) is 6.02. The van der Waals surface area contributed by atoms with E-state index in [2.05, 4.69) is 48.7 Å². The first-order valence-electron chi connectivity index (χ1n) is 6.11. The summed E-state index contributed by atoms with van der Waals surface area (Å²) in [5, 5.41) is 0. The highest BCUT2D eigenvalue weighted by Gasteiger charge is 2.18. The van der Waals surface area contributed by atoms with Crippen molar-refractivity contribution in [3.8, 4) is 0 Å². The molecule has 0 amide bonds. The van der Waals surface area contributed by atoms with Crippen molar-refractivity contribution >= 4 is 0 Å². The van der Waals surface area contributed by atoms with Crippen LogP contribution in [0.5, 0.6) is 0 Å². The molecule has 1 radical (unpaired) electrons. The minimum absolute atomic E-state index is 0.417. The fourth-order valence-electron chi connectivity index (χ4n) is 2.00. The summed E-state index contributed by atoms with van der Waals surface area (Å²) in [5.41, 5.74) is 1.38. The quantitative estimate of drug-likeness (QED) is 0.770. The van der Waals surface area contributed by atoms with E-state index in [0.29, 0.717) is 6.10 Å². The van der Waals surface area contributed by atoms with Crippen LogP contribution in [0.2, 0.25) is 0 Å². The van der Waals surface area contributed by atoms with Crippen LogP contribution >= 0.6 is 0 Å². The first kappa shape index (κ1) is 11.6. The van der Waals surface area contributed by atoms with Crippen molar-refractivity contribution < 1.29 is 4.74 Å². The Bertz CT molecular complexity index is 299. The Hall–Kier alpha value is -0.860. The molecule has 0 N–H and O–H groups in total. The molecule has 0 saturated carbocycles. The maximum absolute atomic E-state index is 5.65. The van der Waals surface area contributed by atoms with Crippen LogP contribution in [0.1, 0.15) is 18.9 Å². The number of benzene rings is 1. The Morgan fingerprint density at radius 3 is 2.94 bits per heavy atom. The summed E-state index contributed by atoms with van der Waals surface area (Å²) < 4.78 is 5.65. The third kappa shape index (κ3) is 3.32. The molecule has 1 unspecified atom stereocenters. The number of hydrogen-bond donors (Lipinski definition) is 0. The second-order valence-corrected chi connectivity index (χ2v) is 4.27. The monoisotopic (exact) mass is 218 g/mol. The first-order valence-corrected chi connectivity index (χ1v) is 6.11. The van der Waals surface area contributed by atoms with E-state index in [1.54, 1.807) is 0 Å². The van der Waals surface area contributed by atoms with Gasteiger partial charge in [0.05, 0.1) is 12.7 Å². The van der Waals surface area contributed by atoms with Gasteiger partial charge in [-0.05, 0) is 18.4 Å². The largest absolute Gasteiger partial charge is 0.376 e. The van der Waals surface area contributed by atoms with Crippen LogP contribution in [0, 0.1) is 6.54 Å². The summed E-state index contributed by atoms with van der Waals surface area (Å²) in [6.07, 6.45) is 2.55. The summed E-state index contributed by atoms with van der Waals surface area (Å²) in [5.74, 6) is 0. The molecule has 1 aromatic carbocycles. The lowest BCUT2D eigenvalue weighted by Crippen LogP contribution is -2.40. The van der Waals surface area contributed by atoms with Gasteiger partial charge in [-0.3, -0.25) is 4.90 Å². The van der Waals surface area contributed by atoms with Crippen LogP contribution < -0.4 is 0 Å². The van der Waals surface area contributed by atoms with Crippen LogP contribution in [-0.2, 0) is 11.2 Å². The van der Waals surface area contributed by atoms with Gasteiger partial charge in [0.25, 0.3) is 0 Å². The molecule has 0 aromatic heterocycles. The predicted octanol–water partition coefficient (Wildman–Crippen LogP) is 2.50. The van der Waals surface area contributed by atoms with E-state index in [1.807, 2.05) is 0 Å². The van der Waals surface area contributed by atoms with E-state index >= 15 is 0 Å². The molecule has 1 atom stereocenters. The average Bonchev–Trinajstić information content (AvgIpc) is 2.38. The SMILES string of the molecule is CCC1CN([CH]Cc2ccccc2)CCO1. The minimum Gasteiger partial charge on any atom is -0.376 e. The molecule has 1 aromatic rings. The van der Waals surface area contributed by atoms with E-state index in [4.69, 9.17) is 4.74 Å². The zero-order chi connectivity index (χ0) is 11.2. The molecule has 16 heavy (non-hydrogen) atoms. The third-order valence-corrected chi connectivity index (χ3v) is 3.05. The van der Waals surface area contributed by atoms with Gasteiger partial charge in [0.15, 0.2) is 0 Å². The van der Waals surface area contributed by atoms with E-state index in [-0.39, 0.29) is 0 Å². The first-order chi connectivity index (χ1) is 7.88. The van der Waals surface area contributed by atoms with Gasteiger partial charge in [0.1, 0.15) is 0 Å². The van der Waals surface area contributed by atoms with E-state index in [0.717, 1.165) is 32.5 Å². The van der Waals surface area contributed by atoms with Crippen molar-refractivity contribution in [1.29, 1.82) is 0 Å².